The first-order valence-electron chi connectivity index (χ1n) is 8.32. The fraction of sp³-hybridized carbons (Fsp3) is 0.316. The quantitative estimate of drug-likeness (QED) is 0.702. The first-order chi connectivity index (χ1) is 11.8. The standard InChI is InChI=1S/C19H23N3O2S/c1-5-22-15(3)19(14(2)20-22)13-21(4)25(23,24)18-11-10-16-8-6-7-9-17(16)12-18/h6-12H,5,13H2,1-4H3. The molecule has 0 fully saturated rings. The van der Waals surface area contributed by atoms with Gasteiger partial charge in [0.25, 0.3) is 0 Å². The van der Waals surface area contributed by atoms with Crippen molar-refractivity contribution in [1.29, 1.82) is 0 Å². The van der Waals surface area contributed by atoms with Gasteiger partial charge in [-0.15, -0.1) is 0 Å². The summed E-state index contributed by atoms with van der Waals surface area (Å²) in [5.41, 5.74) is 2.86. The van der Waals surface area contributed by atoms with Gasteiger partial charge >= 0.3 is 0 Å². The Hall–Kier alpha value is -2.18. The minimum absolute atomic E-state index is 0.312. The van der Waals surface area contributed by atoms with Crippen molar-refractivity contribution in [3.8, 4) is 0 Å². The van der Waals surface area contributed by atoms with E-state index in [1.54, 1.807) is 19.2 Å². The van der Waals surface area contributed by atoms with Gasteiger partial charge < -0.3 is 0 Å². The molecule has 0 unspecified atom stereocenters. The molecule has 3 rings (SSSR count). The molecule has 0 radical (unpaired) electrons. The Morgan fingerprint density at radius 2 is 1.76 bits per heavy atom. The van der Waals surface area contributed by atoms with Crippen LogP contribution in [-0.2, 0) is 23.1 Å². The number of rotatable bonds is 5. The van der Waals surface area contributed by atoms with Crippen LogP contribution in [0.5, 0.6) is 0 Å². The van der Waals surface area contributed by atoms with Crippen LogP contribution in [0.2, 0.25) is 0 Å². The minimum atomic E-state index is -3.56. The Kier molecular flexibility index (Phi) is 4.67. The number of aromatic nitrogens is 2. The monoisotopic (exact) mass is 357 g/mol. The number of sulfonamides is 1. The highest BCUT2D eigenvalue weighted by Crippen LogP contribution is 2.23. The van der Waals surface area contributed by atoms with E-state index in [1.807, 2.05) is 55.8 Å². The molecule has 0 saturated heterocycles. The normalized spacial score (nSPS) is 12.2. The zero-order chi connectivity index (χ0) is 18.2. The smallest absolute Gasteiger partial charge is 0.243 e. The van der Waals surface area contributed by atoms with Crippen LogP contribution in [0.1, 0.15) is 23.9 Å². The lowest BCUT2D eigenvalue weighted by molar-refractivity contribution is 0.465. The van der Waals surface area contributed by atoms with E-state index in [2.05, 4.69) is 5.10 Å². The van der Waals surface area contributed by atoms with Crippen LogP contribution in [0, 0.1) is 13.8 Å². The highest BCUT2D eigenvalue weighted by atomic mass is 32.2. The molecule has 25 heavy (non-hydrogen) atoms. The summed E-state index contributed by atoms with van der Waals surface area (Å²) in [5.74, 6) is 0. The van der Waals surface area contributed by atoms with Crippen LogP contribution in [0.4, 0.5) is 0 Å². The van der Waals surface area contributed by atoms with Gasteiger partial charge in [-0.1, -0.05) is 30.3 Å². The average molecular weight is 357 g/mol. The van der Waals surface area contributed by atoms with E-state index in [9.17, 15) is 8.42 Å². The molecule has 0 amide bonds. The Morgan fingerprint density at radius 1 is 1.08 bits per heavy atom. The number of benzene rings is 2. The lowest BCUT2D eigenvalue weighted by Gasteiger charge is -2.18. The van der Waals surface area contributed by atoms with E-state index in [1.165, 1.54) is 4.31 Å². The molecular formula is C19H23N3O2S. The molecule has 0 N–H and O–H groups in total. The van der Waals surface area contributed by atoms with Gasteiger partial charge in [0.05, 0.1) is 10.6 Å². The molecule has 1 aromatic heterocycles. The van der Waals surface area contributed by atoms with E-state index < -0.39 is 10.0 Å². The summed E-state index contributed by atoms with van der Waals surface area (Å²) in [5, 5.41) is 6.42. The Labute approximate surface area is 148 Å². The molecule has 2 aromatic carbocycles. The lowest BCUT2D eigenvalue weighted by Crippen LogP contribution is -2.27. The molecule has 0 aliphatic rings. The summed E-state index contributed by atoms with van der Waals surface area (Å²) >= 11 is 0. The molecule has 0 aliphatic heterocycles. The van der Waals surface area contributed by atoms with E-state index in [4.69, 9.17) is 0 Å². The first kappa shape index (κ1) is 17.6. The van der Waals surface area contributed by atoms with Gasteiger partial charge in [0, 0.05) is 31.4 Å². The third kappa shape index (κ3) is 3.19. The fourth-order valence-electron chi connectivity index (χ4n) is 3.09. The van der Waals surface area contributed by atoms with E-state index in [0.717, 1.165) is 34.3 Å². The number of nitrogens with zero attached hydrogens (tertiary/aromatic N) is 3. The van der Waals surface area contributed by atoms with Crippen LogP contribution in [0.3, 0.4) is 0 Å². The summed E-state index contributed by atoms with van der Waals surface area (Å²) in [4.78, 5) is 0.312. The zero-order valence-electron chi connectivity index (χ0n) is 15.0. The molecule has 0 aliphatic carbocycles. The van der Waals surface area contributed by atoms with Crippen molar-refractivity contribution in [3.63, 3.8) is 0 Å². The highest BCUT2D eigenvalue weighted by molar-refractivity contribution is 7.89. The maximum absolute atomic E-state index is 13.0. The van der Waals surface area contributed by atoms with Crippen LogP contribution in [0.15, 0.2) is 47.4 Å². The molecule has 3 aromatic rings. The lowest BCUT2D eigenvalue weighted by atomic mass is 10.1. The molecule has 0 atom stereocenters. The Morgan fingerprint density at radius 3 is 2.40 bits per heavy atom. The van der Waals surface area contributed by atoms with Gasteiger partial charge in [-0.2, -0.15) is 9.40 Å². The van der Waals surface area contributed by atoms with Gasteiger partial charge in [0.2, 0.25) is 10.0 Å². The van der Waals surface area contributed by atoms with Crippen molar-refractivity contribution >= 4 is 20.8 Å². The van der Waals surface area contributed by atoms with Gasteiger partial charge in [-0.25, -0.2) is 8.42 Å². The van der Waals surface area contributed by atoms with Crippen molar-refractivity contribution in [1.82, 2.24) is 14.1 Å². The van der Waals surface area contributed by atoms with E-state index in [-0.39, 0.29) is 0 Å². The zero-order valence-corrected chi connectivity index (χ0v) is 15.8. The number of fused-ring (bicyclic) bond motifs is 1. The number of aryl methyl sites for hydroxylation is 2. The maximum atomic E-state index is 13.0. The largest absolute Gasteiger partial charge is 0.270 e. The van der Waals surface area contributed by atoms with Crippen molar-refractivity contribution < 1.29 is 8.42 Å². The summed E-state index contributed by atoms with van der Waals surface area (Å²) < 4.78 is 29.3. The average Bonchev–Trinajstić information content (AvgIpc) is 2.88. The number of hydrogen-bond acceptors (Lipinski definition) is 3. The SMILES string of the molecule is CCn1nc(C)c(CN(C)S(=O)(=O)c2ccc3ccccc3c2)c1C. The van der Waals surface area contributed by atoms with E-state index >= 15 is 0 Å². The second-order valence-corrected chi connectivity index (χ2v) is 8.28. The van der Waals surface area contributed by atoms with Crippen LogP contribution in [-0.4, -0.2) is 29.6 Å². The third-order valence-corrected chi connectivity index (χ3v) is 6.44. The highest BCUT2D eigenvalue weighted by Gasteiger charge is 2.23. The second kappa shape index (κ2) is 6.61. The topological polar surface area (TPSA) is 55.2 Å². The summed E-state index contributed by atoms with van der Waals surface area (Å²) in [7, 11) is -1.95. The molecule has 0 spiro atoms. The van der Waals surface area contributed by atoms with Gasteiger partial charge in [-0.05, 0) is 43.7 Å². The second-order valence-electron chi connectivity index (χ2n) is 6.24. The van der Waals surface area contributed by atoms with E-state index in [0.29, 0.717) is 11.4 Å². The van der Waals surface area contributed by atoms with Crippen LogP contribution >= 0.6 is 0 Å². The molecule has 1 heterocycles. The van der Waals surface area contributed by atoms with Crippen molar-refractivity contribution in [3.05, 3.63) is 59.4 Å². The first-order valence-corrected chi connectivity index (χ1v) is 9.76. The van der Waals surface area contributed by atoms with Crippen molar-refractivity contribution in [2.75, 3.05) is 7.05 Å². The fourth-order valence-corrected chi connectivity index (χ4v) is 4.26. The molecular weight excluding hydrogens is 334 g/mol. The predicted octanol–water partition coefficient (Wildman–Crippen LogP) is 3.49. The Balaban J connectivity index is 1.94. The number of hydrogen-bond donors (Lipinski definition) is 0. The van der Waals surface area contributed by atoms with Crippen LogP contribution < -0.4 is 0 Å². The molecule has 0 saturated carbocycles. The Bertz CT molecular complexity index is 1020. The third-order valence-electron chi connectivity index (χ3n) is 4.64. The van der Waals surface area contributed by atoms with Gasteiger partial charge in [0.1, 0.15) is 0 Å². The molecule has 6 heteroatoms. The summed E-state index contributed by atoms with van der Waals surface area (Å²) in [6.45, 7) is 7.01. The maximum Gasteiger partial charge on any atom is 0.243 e. The minimum Gasteiger partial charge on any atom is -0.270 e. The summed E-state index contributed by atoms with van der Waals surface area (Å²) in [6, 6.07) is 13.0. The molecule has 132 valence electrons. The van der Waals surface area contributed by atoms with Crippen molar-refractivity contribution in [2.45, 2.75) is 38.8 Å². The van der Waals surface area contributed by atoms with Crippen LogP contribution in [0.25, 0.3) is 10.8 Å². The van der Waals surface area contributed by atoms with Gasteiger partial charge in [-0.3, -0.25) is 4.68 Å². The molecule has 0 bridgehead atoms. The molecule has 5 nitrogen and oxygen atoms in total. The van der Waals surface area contributed by atoms with Gasteiger partial charge in [0.15, 0.2) is 0 Å². The van der Waals surface area contributed by atoms with Crippen molar-refractivity contribution in [2.24, 2.45) is 0 Å². The summed E-state index contributed by atoms with van der Waals surface area (Å²) in [6.07, 6.45) is 0. The predicted molar refractivity (Wildman–Crippen MR) is 100.0 cm³/mol.